The molecule has 0 bridgehead atoms. The van der Waals surface area contributed by atoms with Gasteiger partial charge in [0.25, 0.3) is 0 Å². The molecule has 1 aromatic rings. The van der Waals surface area contributed by atoms with Crippen LogP contribution in [0.1, 0.15) is 45.6 Å². The van der Waals surface area contributed by atoms with Crippen molar-refractivity contribution in [3.63, 3.8) is 0 Å². The average Bonchev–Trinajstić information content (AvgIpc) is 2.50. The summed E-state index contributed by atoms with van der Waals surface area (Å²) in [5, 5.41) is 10.1. The summed E-state index contributed by atoms with van der Waals surface area (Å²) in [6.07, 6.45) is 0.641. The highest BCUT2D eigenvalue weighted by Crippen LogP contribution is 2.28. The largest absolute Gasteiger partial charge is 0.491 e. The molecule has 0 heterocycles. The SMILES string of the molecule is CC[C@@H](C)c1ccccc1OC[C@H](O)CN(CC)CC. The van der Waals surface area contributed by atoms with Gasteiger partial charge >= 0.3 is 0 Å². The first-order valence-electron chi connectivity index (χ1n) is 7.74. The molecule has 0 fully saturated rings. The van der Waals surface area contributed by atoms with Crippen LogP contribution in [0, 0.1) is 0 Å². The monoisotopic (exact) mass is 279 g/mol. The maximum Gasteiger partial charge on any atom is 0.122 e. The summed E-state index contributed by atoms with van der Waals surface area (Å²) in [6, 6.07) is 8.13. The number of benzene rings is 1. The molecule has 0 radical (unpaired) electrons. The van der Waals surface area contributed by atoms with Gasteiger partial charge in [-0.3, -0.25) is 0 Å². The maximum absolute atomic E-state index is 10.1. The van der Waals surface area contributed by atoms with Crippen molar-refractivity contribution in [3.05, 3.63) is 29.8 Å². The fraction of sp³-hybridized carbons (Fsp3) is 0.647. The van der Waals surface area contributed by atoms with Gasteiger partial charge < -0.3 is 14.7 Å². The van der Waals surface area contributed by atoms with E-state index >= 15 is 0 Å². The number of ether oxygens (including phenoxy) is 1. The Morgan fingerprint density at radius 2 is 1.80 bits per heavy atom. The summed E-state index contributed by atoms with van der Waals surface area (Å²) in [6.45, 7) is 11.5. The second kappa shape index (κ2) is 8.98. The van der Waals surface area contributed by atoms with Gasteiger partial charge in [-0.05, 0) is 37.1 Å². The van der Waals surface area contributed by atoms with Gasteiger partial charge in [0.2, 0.25) is 0 Å². The van der Waals surface area contributed by atoms with E-state index in [0.29, 0.717) is 19.1 Å². The predicted octanol–water partition coefficient (Wildman–Crippen LogP) is 3.28. The molecule has 0 aliphatic heterocycles. The topological polar surface area (TPSA) is 32.7 Å². The fourth-order valence-electron chi connectivity index (χ4n) is 2.26. The summed E-state index contributed by atoms with van der Waals surface area (Å²) in [7, 11) is 0. The van der Waals surface area contributed by atoms with Crippen LogP contribution in [0.25, 0.3) is 0 Å². The van der Waals surface area contributed by atoms with Crippen molar-refractivity contribution in [1.29, 1.82) is 0 Å². The molecular weight excluding hydrogens is 250 g/mol. The van der Waals surface area contributed by atoms with Gasteiger partial charge in [-0.2, -0.15) is 0 Å². The minimum absolute atomic E-state index is 0.351. The third-order valence-electron chi connectivity index (χ3n) is 3.86. The Morgan fingerprint density at radius 1 is 1.15 bits per heavy atom. The number of rotatable bonds is 9. The number of para-hydroxylation sites is 1. The highest BCUT2D eigenvalue weighted by Gasteiger charge is 2.13. The van der Waals surface area contributed by atoms with Crippen molar-refractivity contribution >= 4 is 0 Å². The Labute approximate surface area is 123 Å². The third-order valence-corrected chi connectivity index (χ3v) is 3.86. The summed E-state index contributed by atoms with van der Waals surface area (Å²) >= 11 is 0. The molecule has 0 spiro atoms. The van der Waals surface area contributed by atoms with Crippen LogP contribution in [0.3, 0.4) is 0 Å². The first-order chi connectivity index (χ1) is 9.62. The van der Waals surface area contributed by atoms with Gasteiger partial charge in [0.1, 0.15) is 18.5 Å². The van der Waals surface area contributed by atoms with E-state index in [1.165, 1.54) is 5.56 Å². The summed E-state index contributed by atoms with van der Waals surface area (Å²) in [5.74, 6) is 1.38. The van der Waals surface area contributed by atoms with Crippen LogP contribution in [-0.2, 0) is 0 Å². The van der Waals surface area contributed by atoms with Gasteiger partial charge in [-0.15, -0.1) is 0 Å². The van der Waals surface area contributed by atoms with Gasteiger partial charge in [0.05, 0.1) is 0 Å². The highest BCUT2D eigenvalue weighted by atomic mass is 16.5. The highest BCUT2D eigenvalue weighted by molar-refractivity contribution is 5.35. The van der Waals surface area contributed by atoms with E-state index in [1.54, 1.807) is 0 Å². The van der Waals surface area contributed by atoms with Crippen LogP contribution in [0.4, 0.5) is 0 Å². The molecule has 0 aromatic heterocycles. The first kappa shape index (κ1) is 17.0. The second-order valence-corrected chi connectivity index (χ2v) is 5.30. The van der Waals surface area contributed by atoms with Gasteiger partial charge in [0, 0.05) is 6.54 Å². The van der Waals surface area contributed by atoms with Crippen LogP contribution in [0.15, 0.2) is 24.3 Å². The average molecular weight is 279 g/mol. The molecule has 3 nitrogen and oxygen atoms in total. The third kappa shape index (κ3) is 5.14. The predicted molar refractivity (Wildman–Crippen MR) is 84.4 cm³/mol. The van der Waals surface area contributed by atoms with E-state index in [1.807, 2.05) is 18.2 Å². The molecule has 0 aliphatic carbocycles. The van der Waals surface area contributed by atoms with Crippen molar-refractivity contribution in [2.24, 2.45) is 0 Å². The number of nitrogens with zero attached hydrogens (tertiary/aromatic N) is 1. The first-order valence-corrected chi connectivity index (χ1v) is 7.74. The van der Waals surface area contributed by atoms with Gasteiger partial charge in [-0.1, -0.05) is 45.9 Å². The lowest BCUT2D eigenvalue weighted by Gasteiger charge is -2.23. The maximum atomic E-state index is 10.1. The Balaban J connectivity index is 2.57. The lowest BCUT2D eigenvalue weighted by atomic mass is 9.98. The molecular formula is C17H29NO2. The van der Waals surface area contributed by atoms with Crippen LogP contribution >= 0.6 is 0 Å². The van der Waals surface area contributed by atoms with E-state index in [4.69, 9.17) is 4.74 Å². The zero-order valence-electron chi connectivity index (χ0n) is 13.3. The van der Waals surface area contributed by atoms with Crippen molar-refractivity contribution in [2.45, 2.75) is 46.1 Å². The normalized spacial score (nSPS) is 14.3. The summed E-state index contributed by atoms with van der Waals surface area (Å²) in [4.78, 5) is 2.20. The minimum atomic E-state index is -0.445. The van der Waals surface area contributed by atoms with E-state index in [9.17, 15) is 5.11 Å². The minimum Gasteiger partial charge on any atom is -0.491 e. The Hall–Kier alpha value is -1.06. The zero-order chi connectivity index (χ0) is 15.0. The molecule has 0 amide bonds. The van der Waals surface area contributed by atoms with Gasteiger partial charge in [-0.25, -0.2) is 0 Å². The Morgan fingerprint density at radius 3 is 2.40 bits per heavy atom. The van der Waals surface area contributed by atoms with Gasteiger partial charge in [0.15, 0.2) is 0 Å². The van der Waals surface area contributed by atoms with Crippen molar-refractivity contribution in [2.75, 3.05) is 26.2 Å². The second-order valence-electron chi connectivity index (χ2n) is 5.30. The fourth-order valence-corrected chi connectivity index (χ4v) is 2.26. The van der Waals surface area contributed by atoms with Crippen LogP contribution in [-0.4, -0.2) is 42.4 Å². The summed E-state index contributed by atoms with van der Waals surface area (Å²) in [5.41, 5.74) is 1.23. The van der Waals surface area contributed by atoms with E-state index < -0.39 is 6.10 Å². The Bertz CT molecular complexity index is 377. The molecule has 1 N–H and O–H groups in total. The molecule has 2 atom stereocenters. The number of aliphatic hydroxyl groups excluding tert-OH is 1. The molecule has 1 aromatic carbocycles. The van der Waals surface area contributed by atoms with Crippen LogP contribution in [0.5, 0.6) is 5.75 Å². The van der Waals surface area contributed by atoms with Crippen molar-refractivity contribution in [1.82, 2.24) is 4.90 Å². The molecule has 1 rings (SSSR count). The van der Waals surface area contributed by atoms with E-state index in [-0.39, 0.29) is 0 Å². The molecule has 0 unspecified atom stereocenters. The van der Waals surface area contributed by atoms with E-state index in [0.717, 1.165) is 25.3 Å². The number of aliphatic hydroxyl groups is 1. The summed E-state index contributed by atoms with van der Waals surface area (Å²) < 4.78 is 5.84. The zero-order valence-corrected chi connectivity index (χ0v) is 13.3. The standard InChI is InChI=1S/C17H29NO2/c1-5-14(4)16-10-8-9-11-17(16)20-13-15(19)12-18(6-2)7-3/h8-11,14-15,19H,5-7,12-13H2,1-4H3/t14-,15-/m1/s1. The lowest BCUT2D eigenvalue weighted by molar-refractivity contribution is 0.0711. The van der Waals surface area contributed by atoms with Crippen molar-refractivity contribution in [3.8, 4) is 5.75 Å². The van der Waals surface area contributed by atoms with Crippen LogP contribution < -0.4 is 4.74 Å². The molecule has 0 saturated carbocycles. The number of hydrogen-bond donors (Lipinski definition) is 1. The Kier molecular flexibility index (Phi) is 7.63. The molecule has 20 heavy (non-hydrogen) atoms. The number of hydrogen-bond acceptors (Lipinski definition) is 3. The smallest absolute Gasteiger partial charge is 0.122 e. The van der Waals surface area contributed by atoms with Crippen LogP contribution in [0.2, 0.25) is 0 Å². The molecule has 0 aliphatic rings. The lowest BCUT2D eigenvalue weighted by Crippen LogP contribution is -2.35. The quantitative estimate of drug-likeness (QED) is 0.753. The molecule has 114 valence electrons. The molecule has 0 saturated heterocycles. The van der Waals surface area contributed by atoms with E-state index in [2.05, 4.69) is 38.7 Å². The molecule has 3 heteroatoms. The number of likely N-dealkylation sites (N-methyl/N-ethyl adjacent to an activating group) is 1. The van der Waals surface area contributed by atoms with Crippen molar-refractivity contribution < 1.29 is 9.84 Å².